The van der Waals surface area contributed by atoms with E-state index in [9.17, 15) is 4.79 Å². The van der Waals surface area contributed by atoms with Crippen LogP contribution in [0.25, 0.3) is 0 Å². The van der Waals surface area contributed by atoms with Crippen molar-refractivity contribution in [2.24, 2.45) is 5.73 Å². The van der Waals surface area contributed by atoms with E-state index in [0.717, 1.165) is 41.0 Å². The summed E-state index contributed by atoms with van der Waals surface area (Å²) in [6, 6.07) is 11.5. The fourth-order valence-electron chi connectivity index (χ4n) is 2.56. The molecule has 0 spiro atoms. The molecule has 0 saturated carbocycles. The van der Waals surface area contributed by atoms with Crippen molar-refractivity contribution in [2.45, 2.75) is 33.6 Å². The SMILES string of the molecule is CCCc1c(C(N)=O)cc(C)c(Oc2ccccc2)c1C.Cl.Cl. The molecule has 2 aromatic carbocycles. The van der Waals surface area contributed by atoms with Crippen LogP contribution in [0.3, 0.4) is 0 Å². The highest BCUT2D eigenvalue weighted by atomic mass is 35.5. The Morgan fingerprint density at radius 1 is 1.13 bits per heavy atom. The van der Waals surface area contributed by atoms with Crippen molar-refractivity contribution >= 4 is 30.7 Å². The zero-order valence-electron chi connectivity index (χ0n) is 13.6. The van der Waals surface area contributed by atoms with Crippen molar-refractivity contribution in [3.63, 3.8) is 0 Å². The monoisotopic (exact) mass is 355 g/mol. The van der Waals surface area contributed by atoms with E-state index in [1.165, 1.54) is 0 Å². The third-order valence-corrected chi connectivity index (χ3v) is 3.57. The lowest BCUT2D eigenvalue weighted by Gasteiger charge is -2.18. The van der Waals surface area contributed by atoms with Crippen LogP contribution in [0.15, 0.2) is 36.4 Å². The molecule has 0 aliphatic carbocycles. The van der Waals surface area contributed by atoms with Crippen molar-refractivity contribution in [1.82, 2.24) is 0 Å². The van der Waals surface area contributed by atoms with Crippen molar-refractivity contribution < 1.29 is 9.53 Å². The molecule has 126 valence electrons. The lowest BCUT2D eigenvalue weighted by Crippen LogP contribution is -2.15. The number of primary amides is 1. The minimum absolute atomic E-state index is 0. The number of hydrogen-bond donors (Lipinski definition) is 1. The Bertz CT molecular complexity index is 658. The summed E-state index contributed by atoms with van der Waals surface area (Å²) in [5.41, 5.74) is 9.01. The zero-order valence-corrected chi connectivity index (χ0v) is 15.2. The Balaban J connectivity index is 0.00000242. The molecular formula is C18H23Cl2NO2. The maximum absolute atomic E-state index is 11.7. The average molecular weight is 356 g/mol. The molecule has 0 atom stereocenters. The number of para-hydroxylation sites is 1. The van der Waals surface area contributed by atoms with Crippen LogP contribution in [0.4, 0.5) is 0 Å². The van der Waals surface area contributed by atoms with E-state index in [1.807, 2.05) is 50.2 Å². The number of halogens is 2. The molecule has 1 amide bonds. The summed E-state index contributed by atoms with van der Waals surface area (Å²) >= 11 is 0. The number of carbonyl (C=O) groups is 1. The second-order valence-electron chi connectivity index (χ2n) is 5.20. The Morgan fingerprint density at radius 2 is 1.74 bits per heavy atom. The topological polar surface area (TPSA) is 52.3 Å². The van der Waals surface area contributed by atoms with Gasteiger partial charge in [0.15, 0.2) is 0 Å². The van der Waals surface area contributed by atoms with Crippen molar-refractivity contribution in [2.75, 3.05) is 0 Å². The molecular weight excluding hydrogens is 333 g/mol. The molecule has 0 saturated heterocycles. The van der Waals surface area contributed by atoms with Crippen LogP contribution in [-0.2, 0) is 6.42 Å². The van der Waals surface area contributed by atoms with Gasteiger partial charge in [0, 0.05) is 5.56 Å². The van der Waals surface area contributed by atoms with Gasteiger partial charge in [-0.15, -0.1) is 24.8 Å². The van der Waals surface area contributed by atoms with Crippen molar-refractivity contribution in [3.05, 3.63) is 58.7 Å². The number of nitrogens with two attached hydrogens (primary N) is 1. The number of aryl methyl sites for hydroxylation is 1. The molecule has 5 heteroatoms. The highest BCUT2D eigenvalue weighted by Gasteiger charge is 2.17. The summed E-state index contributed by atoms with van der Waals surface area (Å²) in [5, 5.41) is 0. The second-order valence-corrected chi connectivity index (χ2v) is 5.20. The van der Waals surface area contributed by atoms with Crippen molar-refractivity contribution in [3.8, 4) is 11.5 Å². The van der Waals surface area contributed by atoms with Gasteiger partial charge in [0.1, 0.15) is 11.5 Å². The molecule has 23 heavy (non-hydrogen) atoms. The molecule has 0 heterocycles. The fourth-order valence-corrected chi connectivity index (χ4v) is 2.56. The predicted octanol–water partition coefficient (Wildman–Crippen LogP) is 4.99. The minimum Gasteiger partial charge on any atom is -0.457 e. The van der Waals surface area contributed by atoms with Gasteiger partial charge in [-0.1, -0.05) is 31.5 Å². The predicted molar refractivity (Wildman–Crippen MR) is 99.4 cm³/mol. The molecule has 3 nitrogen and oxygen atoms in total. The molecule has 0 bridgehead atoms. The van der Waals surface area contributed by atoms with Gasteiger partial charge < -0.3 is 10.5 Å². The third-order valence-electron chi connectivity index (χ3n) is 3.57. The van der Waals surface area contributed by atoms with E-state index in [1.54, 1.807) is 0 Å². The van der Waals surface area contributed by atoms with Crippen LogP contribution in [0.1, 0.15) is 40.4 Å². The number of hydrogen-bond acceptors (Lipinski definition) is 2. The van der Waals surface area contributed by atoms with Gasteiger partial charge in [0.25, 0.3) is 0 Å². The van der Waals surface area contributed by atoms with Crippen LogP contribution >= 0.6 is 24.8 Å². The Hall–Kier alpha value is -1.71. The fraction of sp³-hybridized carbons (Fsp3) is 0.278. The van der Waals surface area contributed by atoms with E-state index < -0.39 is 0 Å². The highest BCUT2D eigenvalue weighted by Crippen LogP contribution is 2.33. The van der Waals surface area contributed by atoms with Gasteiger partial charge in [-0.3, -0.25) is 4.79 Å². The first kappa shape index (κ1) is 21.3. The number of ether oxygens (including phenoxy) is 1. The lowest BCUT2D eigenvalue weighted by molar-refractivity contribution is 0.0999. The summed E-state index contributed by atoms with van der Waals surface area (Å²) in [6.07, 6.45) is 1.77. The molecule has 0 fully saturated rings. The van der Waals surface area contributed by atoms with E-state index in [4.69, 9.17) is 10.5 Å². The highest BCUT2D eigenvalue weighted by molar-refractivity contribution is 5.95. The van der Waals surface area contributed by atoms with Gasteiger partial charge >= 0.3 is 0 Å². The molecule has 0 aromatic heterocycles. The van der Waals surface area contributed by atoms with Gasteiger partial charge in [-0.2, -0.15) is 0 Å². The summed E-state index contributed by atoms with van der Waals surface area (Å²) in [7, 11) is 0. The zero-order chi connectivity index (χ0) is 15.4. The van der Waals surface area contributed by atoms with Gasteiger partial charge in [-0.25, -0.2) is 0 Å². The van der Waals surface area contributed by atoms with E-state index in [-0.39, 0.29) is 30.7 Å². The van der Waals surface area contributed by atoms with E-state index in [2.05, 4.69) is 6.92 Å². The molecule has 0 unspecified atom stereocenters. The largest absolute Gasteiger partial charge is 0.457 e. The van der Waals surface area contributed by atoms with Crippen LogP contribution in [-0.4, -0.2) is 5.91 Å². The van der Waals surface area contributed by atoms with Gasteiger partial charge in [-0.05, 0) is 55.2 Å². The summed E-state index contributed by atoms with van der Waals surface area (Å²) in [6.45, 7) is 6.01. The van der Waals surface area contributed by atoms with Crippen molar-refractivity contribution in [1.29, 1.82) is 0 Å². The smallest absolute Gasteiger partial charge is 0.249 e. The Kier molecular flexibility index (Phi) is 8.73. The molecule has 0 aliphatic heterocycles. The Morgan fingerprint density at radius 3 is 2.26 bits per heavy atom. The maximum Gasteiger partial charge on any atom is 0.249 e. The summed E-state index contributed by atoms with van der Waals surface area (Å²) in [5.74, 6) is 1.23. The molecule has 0 aliphatic rings. The van der Waals surface area contributed by atoms with Gasteiger partial charge in [0.2, 0.25) is 5.91 Å². The maximum atomic E-state index is 11.7. The summed E-state index contributed by atoms with van der Waals surface area (Å²) in [4.78, 5) is 11.7. The van der Waals surface area contributed by atoms with E-state index in [0.29, 0.717) is 5.56 Å². The third kappa shape index (κ3) is 4.88. The minimum atomic E-state index is -0.379. The standard InChI is InChI=1S/C18H21NO2.2ClH/c1-4-8-15-13(3)17(12(2)11-16(15)18(19)20)21-14-9-6-5-7-10-14;;/h5-7,9-11H,4,8H2,1-3H3,(H2,19,20);2*1H. The number of carbonyl (C=O) groups excluding carboxylic acids is 1. The van der Waals surface area contributed by atoms with Gasteiger partial charge in [0.05, 0.1) is 0 Å². The van der Waals surface area contributed by atoms with Crippen LogP contribution in [0.5, 0.6) is 11.5 Å². The first-order valence-corrected chi connectivity index (χ1v) is 7.20. The Labute approximate surface area is 150 Å². The first-order chi connectivity index (χ1) is 10.0. The van der Waals surface area contributed by atoms with Crippen LogP contribution in [0.2, 0.25) is 0 Å². The molecule has 2 aromatic rings. The number of benzene rings is 2. The quantitative estimate of drug-likeness (QED) is 0.820. The normalized spacial score (nSPS) is 9.52. The first-order valence-electron chi connectivity index (χ1n) is 7.20. The molecule has 2 N–H and O–H groups in total. The number of rotatable bonds is 5. The molecule has 2 rings (SSSR count). The second kappa shape index (κ2) is 9.43. The summed E-state index contributed by atoms with van der Waals surface area (Å²) < 4.78 is 6.01. The average Bonchev–Trinajstić information content (AvgIpc) is 2.47. The lowest BCUT2D eigenvalue weighted by atomic mass is 9.94. The van der Waals surface area contributed by atoms with Crippen LogP contribution in [0, 0.1) is 13.8 Å². The number of amides is 1. The van der Waals surface area contributed by atoms with E-state index >= 15 is 0 Å². The van der Waals surface area contributed by atoms with Crippen LogP contribution < -0.4 is 10.5 Å². The molecule has 0 radical (unpaired) electrons.